The van der Waals surface area contributed by atoms with Crippen molar-refractivity contribution in [3.05, 3.63) is 59.0 Å². The molecule has 1 aromatic carbocycles. The molecule has 1 amide bonds. The van der Waals surface area contributed by atoms with Crippen LogP contribution in [0.3, 0.4) is 0 Å². The zero-order valence-electron chi connectivity index (χ0n) is 12.5. The highest BCUT2D eigenvalue weighted by molar-refractivity contribution is 6.29. The minimum atomic E-state index is -0.270. The summed E-state index contributed by atoms with van der Waals surface area (Å²) in [6.07, 6.45) is 1.55. The fourth-order valence-corrected chi connectivity index (χ4v) is 2.30. The van der Waals surface area contributed by atoms with Crippen LogP contribution in [-0.4, -0.2) is 27.1 Å². The smallest absolute Gasteiger partial charge is 0.271 e. The first-order valence-electron chi connectivity index (χ1n) is 7.17. The average Bonchev–Trinajstić information content (AvgIpc) is 2.96. The Balaban J connectivity index is 1.69. The lowest BCUT2D eigenvalue weighted by molar-refractivity contribution is 0.0946. The van der Waals surface area contributed by atoms with Crippen LogP contribution >= 0.6 is 11.6 Å². The lowest BCUT2D eigenvalue weighted by Gasteiger charge is -2.06. The van der Waals surface area contributed by atoms with Gasteiger partial charge in [-0.3, -0.25) is 4.79 Å². The molecule has 2 heterocycles. The maximum absolute atomic E-state index is 12.2. The second kappa shape index (κ2) is 6.66. The van der Waals surface area contributed by atoms with Crippen molar-refractivity contribution in [2.75, 3.05) is 6.61 Å². The molecule has 0 saturated heterocycles. The molecule has 7 heteroatoms. The SMILES string of the molecule is CCOc1cccc(CNC(=O)c2cn3nc(Cl)ccc3n2)c1. The molecule has 0 fully saturated rings. The van der Waals surface area contributed by atoms with Gasteiger partial charge in [-0.1, -0.05) is 23.7 Å². The van der Waals surface area contributed by atoms with E-state index in [-0.39, 0.29) is 5.91 Å². The Kier molecular flexibility index (Phi) is 4.43. The number of amides is 1. The number of hydrogen-bond donors (Lipinski definition) is 1. The number of fused-ring (bicyclic) bond motifs is 1. The number of hydrogen-bond acceptors (Lipinski definition) is 4. The number of rotatable bonds is 5. The maximum Gasteiger partial charge on any atom is 0.271 e. The van der Waals surface area contributed by atoms with Crippen LogP contribution in [0, 0.1) is 0 Å². The molecule has 6 nitrogen and oxygen atoms in total. The molecule has 0 aliphatic carbocycles. The zero-order chi connectivity index (χ0) is 16.2. The molecule has 0 unspecified atom stereocenters. The molecule has 3 aromatic rings. The third-order valence-corrected chi connectivity index (χ3v) is 3.38. The predicted octanol–water partition coefficient (Wildman–Crippen LogP) is 2.71. The van der Waals surface area contributed by atoms with Gasteiger partial charge < -0.3 is 10.1 Å². The summed E-state index contributed by atoms with van der Waals surface area (Å²) in [7, 11) is 0. The number of nitrogens with zero attached hydrogens (tertiary/aromatic N) is 3. The van der Waals surface area contributed by atoms with E-state index in [1.54, 1.807) is 18.3 Å². The number of carbonyl (C=O) groups excluding carboxylic acids is 1. The lowest BCUT2D eigenvalue weighted by atomic mass is 10.2. The molecule has 23 heavy (non-hydrogen) atoms. The first-order valence-corrected chi connectivity index (χ1v) is 7.55. The summed E-state index contributed by atoms with van der Waals surface area (Å²) in [5.74, 6) is 0.513. The van der Waals surface area contributed by atoms with Crippen molar-refractivity contribution in [2.24, 2.45) is 0 Å². The minimum absolute atomic E-state index is 0.270. The number of aromatic nitrogens is 3. The number of carbonyl (C=O) groups is 1. The summed E-state index contributed by atoms with van der Waals surface area (Å²) in [4.78, 5) is 16.4. The maximum atomic E-state index is 12.2. The minimum Gasteiger partial charge on any atom is -0.494 e. The van der Waals surface area contributed by atoms with Crippen molar-refractivity contribution in [2.45, 2.75) is 13.5 Å². The highest BCUT2D eigenvalue weighted by Gasteiger charge is 2.11. The predicted molar refractivity (Wildman–Crippen MR) is 86.8 cm³/mol. The largest absolute Gasteiger partial charge is 0.494 e. The Morgan fingerprint density at radius 3 is 3.04 bits per heavy atom. The summed E-state index contributed by atoms with van der Waals surface area (Å²) < 4.78 is 6.92. The third kappa shape index (κ3) is 3.60. The summed E-state index contributed by atoms with van der Waals surface area (Å²) in [6, 6.07) is 10.9. The van der Waals surface area contributed by atoms with Gasteiger partial charge in [-0.05, 0) is 36.8 Å². The van der Waals surface area contributed by atoms with Gasteiger partial charge in [0.15, 0.2) is 5.65 Å². The van der Waals surface area contributed by atoms with E-state index < -0.39 is 0 Å². The lowest BCUT2D eigenvalue weighted by Crippen LogP contribution is -2.23. The van der Waals surface area contributed by atoms with Crippen LogP contribution in [0.2, 0.25) is 5.15 Å². The molecule has 0 spiro atoms. The number of ether oxygens (including phenoxy) is 1. The summed E-state index contributed by atoms with van der Waals surface area (Å²) in [6.45, 7) is 2.92. The van der Waals surface area contributed by atoms with Crippen LogP contribution in [0.25, 0.3) is 5.65 Å². The second-order valence-electron chi connectivity index (χ2n) is 4.85. The molecule has 1 N–H and O–H groups in total. The fraction of sp³-hybridized carbons (Fsp3) is 0.188. The molecule has 0 aliphatic rings. The van der Waals surface area contributed by atoms with Crippen molar-refractivity contribution in [1.29, 1.82) is 0 Å². The van der Waals surface area contributed by atoms with Crippen molar-refractivity contribution in [3.8, 4) is 5.75 Å². The highest BCUT2D eigenvalue weighted by atomic mass is 35.5. The molecule has 0 saturated carbocycles. The van der Waals surface area contributed by atoms with Crippen molar-refractivity contribution >= 4 is 23.2 Å². The van der Waals surface area contributed by atoms with E-state index >= 15 is 0 Å². The second-order valence-corrected chi connectivity index (χ2v) is 5.24. The fourth-order valence-electron chi connectivity index (χ4n) is 2.15. The van der Waals surface area contributed by atoms with Gasteiger partial charge in [0.25, 0.3) is 5.91 Å². The first kappa shape index (κ1) is 15.3. The monoisotopic (exact) mass is 330 g/mol. The van der Waals surface area contributed by atoms with Gasteiger partial charge in [0.1, 0.15) is 16.6 Å². The van der Waals surface area contributed by atoms with Crippen LogP contribution in [0.5, 0.6) is 5.75 Å². The summed E-state index contributed by atoms with van der Waals surface area (Å²) in [5.41, 5.74) is 1.81. The van der Waals surface area contributed by atoms with Crippen LogP contribution in [0.4, 0.5) is 0 Å². The van der Waals surface area contributed by atoms with Gasteiger partial charge in [-0.25, -0.2) is 9.50 Å². The Morgan fingerprint density at radius 2 is 2.22 bits per heavy atom. The van der Waals surface area contributed by atoms with E-state index in [1.165, 1.54) is 4.52 Å². The molecular weight excluding hydrogens is 316 g/mol. The van der Waals surface area contributed by atoms with E-state index in [2.05, 4.69) is 15.4 Å². The molecule has 0 atom stereocenters. The van der Waals surface area contributed by atoms with E-state index in [1.807, 2.05) is 31.2 Å². The average molecular weight is 331 g/mol. The van der Waals surface area contributed by atoms with E-state index in [0.29, 0.717) is 29.6 Å². The Bertz CT molecular complexity index is 847. The van der Waals surface area contributed by atoms with Gasteiger partial charge in [0, 0.05) is 6.54 Å². The molecular formula is C16H15ClN4O2. The van der Waals surface area contributed by atoms with Crippen LogP contribution in [0.15, 0.2) is 42.6 Å². The Labute approximate surface area is 138 Å². The molecule has 0 radical (unpaired) electrons. The van der Waals surface area contributed by atoms with Crippen LogP contribution in [0.1, 0.15) is 23.0 Å². The van der Waals surface area contributed by atoms with Gasteiger partial charge in [0.2, 0.25) is 0 Å². The number of imidazole rings is 1. The van der Waals surface area contributed by atoms with Crippen molar-refractivity contribution in [1.82, 2.24) is 19.9 Å². The summed E-state index contributed by atoms with van der Waals surface area (Å²) in [5, 5.41) is 7.22. The zero-order valence-corrected chi connectivity index (χ0v) is 13.2. The number of nitrogens with one attached hydrogen (secondary N) is 1. The molecule has 0 aliphatic heterocycles. The summed E-state index contributed by atoms with van der Waals surface area (Å²) >= 11 is 5.82. The van der Waals surface area contributed by atoms with Crippen LogP contribution in [-0.2, 0) is 6.54 Å². The number of benzene rings is 1. The van der Waals surface area contributed by atoms with Crippen molar-refractivity contribution in [3.63, 3.8) is 0 Å². The van der Waals surface area contributed by atoms with Crippen LogP contribution < -0.4 is 10.1 Å². The standard InChI is InChI=1S/C16H15ClN4O2/c1-2-23-12-5-3-4-11(8-12)9-18-16(22)13-10-21-15(19-13)7-6-14(17)20-21/h3-8,10H,2,9H2,1H3,(H,18,22). The van der Waals surface area contributed by atoms with E-state index in [4.69, 9.17) is 16.3 Å². The molecule has 0 bridgehead atoms. The normalized spacial score (nSPS) is 10.7. The van der Waals surface area contributed by atoms with E-state index in [9.17, 15) is 4.79 Å². The van der Waals surface area contributed by atoms with Gasteiger partial charge >= 0.3 is 0 Å². The highest BCUT2D eigenvalue weighted by Crippen LogP contribution is 2.13. The topological polar surface area (TPSA) is 68.5 Å². The van der Waals surface area contributed by atoms with E-state index in [0.717, 1.165) is 11.3 Å². The first-order chi connectivity index (χ1) is 11.2. The van der Waals surface area contributed by atoms with Gasteiger partial charge in [-0.2, -0.15) is 5.10 Å². The van der Waals surface area contributed by atoms with Gasteiger partial charge in [-0.15, -0.1) is 0 Å². The molecule has 2 aromatic heterocycles. The third-order valence-electron chi connectivity index (χ3n) is 3.18. The quantitative estimate of drug-likeness (QED) is 0.781. The Hall–Kier alpha value is -2.60. The molecule has 118 valence electrons. The van der Waals surface area contributed by atoms with Crippen molar-refractivity contribution < 1.29 is 9.53 Å². The Morgan fingerprint density at radius 1 is 1.35 bits per heavy atom. The van der Waals surface area contributed by atoms with Gasteiger partial charge in [0.05, 0.1) is 12.8 Å². The number of halogens is 1. The molecule has 3 rings (SSSR count).